The molecule has 3 amide bonds. The number of pyridine rings is 1. The van der Waals surface area contributed by atoms with Gasteiger partial charge < -0.3 is 15.3 Å². The van der Waals surface area contributed by atoms with Crippen molar-refractivity contribution < 1.29 is 19.0 Å². The first-order valence-electron chi connectivity index (χ1n) is 11.2. The number of nitrogens with zero attached hydrogens (tertiary/aromatic N) is 2. The Bertz CT molecular complexity index is 1180. The number of benzene rings is 1. The fourth-order valence-corrected chi connectivity index (χ4v) is 5.64. The summed E-state index contributed by atoms with van der Waals surface area (Å²) in [7, 11) is 0. The number of ether oxygens (including phenoxy) is 1. The summed E-state index contributed by atoms with van der Waals surface area (Å²) >= 11 is 3.01. The zero-order valence-corrected chi connectivity index (χ0v) is 21.5. The molecule has 3 heterocycles. The summed E-state index contributed by atoms with van der Waals surface area (Å²) in [5.41, 5.74) is 0.607. The molecule has 1 aromatic carbocycles. The molecule has 2 aromatic heterocycles. The number of hydrogen-bond donors (Lipinski definition) is 2. The van der Waals surface area contributed by atoms with Gasteiger partial charge in [-0.1, -0.05) is 20.8 Å². The molecule has 0 radical (unpaired) electrons. The molecule has 35 heavy (non-hydrogen) atoms. The van der Waals surface area contributed by atoms with Gasteiger partial charge in [0.1, 0.15) is 22.1 Å². The third-order valence-corrected chi connectivity index (χ3v) is 7.91. The van der Waals surface area contributed by atoms with E-state index in [4.69, 9.17) is 4.74 Å². The Balaban J connectivity index is 1.48. The molecular weight excluding hydrogens is 484 g/mol. The maximum Gasteiger partial charge on any atom is 0.348 e. The largest absolute Gasteiger partial charge is 0.625 e. The summed E-state index contributed by atoms with van der Waals surface area (Å²) in [6.45, 7) is 6.58. The molecule has 1 saturated heterocycles. The summed E-state index contributed by atoms with van der Waals surface area (Å²) in [6, 6.07) is 11.7. The minimum Gasteiger partial charge on any atom is -0.625 e. The average molecular weight is 513 g/mol. The van der Waals surface area contributed by atoms with Gasteiger partial charge in [-0.05, 0) is 47.9 Å². The van der Waals surface area contributed by atoms with Crippen LogP contribution in [0.5, 0.6) is 11.5 Å². The zero-order valence-electron chi connectivity index (χ0n) is 19.9. The number of quaternary nitrogens is 1. The SMILES string of the molecule is CC(C)(C)c1cc(C(=O)[N+]2([O-])CCSCC2)c(NC(=O)Nc2ccc(Oc3ccncc3)cc2)s1. The van der Waals surface area contributed by atoms with E-state index in [2.05, 4.69) is 15.6 Å². The number of nitrogens with one attached hydrogen (secondary N) is 2. The summed E-state index contributed by atoms with van der Waals surface area (Å²) in [5.74, 6) is 2.08. The van der Waals surface area contributed by atoms with Crippen molar-refractivity contribution in [2.24, 2.45) is 0 Å². The number of thiophene rings is 1. The lowest BCUT2D eigenvalue weighted by molar-refractivity contribution is -0.793. The number of hydrogen-bond acceptors (Lipinski definition) is 7. The smallest absolute Gasteiger partial charge is 0.348 e. The standard InChI is InChI=1S/C25H28N4O4S2/c1-25(2,3)21-16-20(23(30)29(32)12-14-34-15-13-29)22(35-21)28-24(31)27-17-4-6-18(7-5-17)33-19-8-10-26-11-9-19/h4-11,16H,12-15H2,1-3H3,(H2,27,28,31). The van der Waals surface area contributed by atoms with Crippen molar-refractivity contribution in [1.29, 1.82) is 0 Å². The minimum atomic E-state index is -0.886. The second kappa shape index (κ2) is 10.4. The molecule has 8 nitrogen and oxygen atoms in total. The maximum absolute atomic E-state index is 13.3. The van der Waals surface area contributed by atoms with Gasteiger partial charge in [0.05, 0.1) is 13.1 Å². The zero-order chi connectivity index (χ0) is 25.1. The first-order chi connectivity index (χ1) is 16.6. The van der Waals surface area contributed by atoms with Crippen molar-refractivity contribution in [1.82, 2.24) is 4.98 Å². The van der Waals surface area contributed by atoms with Gasteiger partial charge in [-0.15, -0.1) is 11.3 Å². The van der Waals surface area contributed by atoms with E-state index >= 15 is 0 Å². The van der Waals surface area contributed by atoms with E-state index in [1.165, 1.54) is 11.3 Å². The van der Waals surface area contributed by atoms with E-state index in [9.17, 15) is 14.8 Å². The van der Waals surface area contributed by atoms with Gasteiger partial charge in [0.2, 0.25) is 0 Å². The lowest BCUT2D eigenvalue weighted by Crippen LogP contribution is -2.52. The molecule has 0 spiro atoms. The highest BCUT2D eigenvalue weighted by Crippen LogP contribution is 2.38. The molecule has 1 fully saturated rings. The molecule has 1 aliphatic rings. The van der Waals surface area contributed by atoms with Crippen molar-refractivity contribution >= 4 is 45.7 Å². The Labute approximate surface area is 212 Å². The number of amides is 3. The van der Waals surface area contributed by atoms with Crippen LogP contribution in [0.25, 0.3) is 0 Å². The Morgan fingerprint density at radius 3 is 2.26 bits per heavy atom. The van der Waals surface area contributed by atoms with Gasteiger partial charge in [-0.2, -0.15) is 11.8 Å². The van der Waals surface area contributed by atoms with E-state index in [0.29, 0.717) is 33.7 Å². The maximum atomic E-state index is 13.3. The van der Waals surface area contributed by atoms with Gasteiger partial charge in [-0.3, -0.25) is 14.9 Å². The molecule has 0 unspecified atom stereocenters. The van der Waals surface area contributed by atoms with E-state index in [-0.39, 0.29) is 24.1 Å². The summed E-state index contributed by atoms with van der Waals surface area (Å²) in [5, 5.41) is 19.2. The first kappa shape index (κ1) is 25.2. The number of hydroxylamine groups is 3. The normalized spacial score (nSPS) is 15.3. The molecular formula is C25H28N4O4S2. The highest BCUT2D eigenvalue weighted by molar-refractivity contribution is 7.99. The van der Waals surface area contributed by atoms with E-state index in [1.54, 1.807) is 66.6 Å². The van der Waals surface area contributed by atoms with Crippen LogP contribution in [0.4, 0.5) is 15.5 Å². The summed E-state index contributed by atoms with van der Waals surface area (Å²) < 4.78 is 4.85. The molecule has 2 N–H and O–H groups in total. The van der Waals surface area contributed by atoms with Crippen LogP contribution in [0, 0.1) is 5.21 Å². The van der Waals surface area contributed by atoms with Gasteiger partial charge in [0, 0.05) is 34.5 Å². The van der Waals surface area contributed by atoms with Crippen molar-refractivity contribution in [3.8, 4) is 11.5 Å². The number of carbonyl (C=O) groups excluding carboxylic acids is 2. The van der Waals surface area contributed by atoms with Crippen LogP contribution in [0.15, 0.2) is 54.9 Å². The second-order valence-corrected chi connectivity index (χ2v) is 11.5. The summed E-state index contributed by atoms with van der Waals surface area (Å²) in [6.07, 6.45) is 3.29. The molecule has 1 aliphatic heterocycles. The molecule has 0 atom stereocenters. The number of urea groups is 1. The molecule has 4 rings (SSSR count). The molecule has 0 aliphatic carbocycles. The monoisotopic (exact) mass is 512 g/mol. The Hall–Kier alpha value is -2.92. The van der Waals surface area contributed by atoms with Crippen LogP contribution in [0.2, 0.25) is 0 Å². The number of rotatable bonds is 5. The second-order valence-electron chi connectivity index (χ2n) is 9.25. The fourth-order valence-electron chi connectivity index (χ4n) is 3.49. The lowest BCUT2D eigenvalue weighted by atomic mass is 9.94. The molecule has 3 aromatic rings. The topological polar surface area (TPSA) is 103 Å². The molecule has 10 heteroatoms. The van der Waals surface area contributed by atoms with Crippen LogP contribution in [-0.4, -0.2) is 46.2 Å². The predicted octanol–water partition coefficient (Wildman–Crippen LogP) is 6.08. The van der Waals surface area contributed by atoms with Gasteiger partial charge in [0.25, 0.3) is 0 Å². The fraction of sp³-hybridized carbons (Fsp3) is 0.320. The number of carbonyl (C=O) groups is 2. The molecule has 0 bridgehead atoms. The Morgan fingerprint density at radius 2 is 1.63 bits per heavy atom. The Kier molecular flexibility index (Phi) is 7.46. The van der Waals surface area contributed by atoms with E-state index < -0.39 is 16.6 Å². The number of anilines is 2. The first-order valence-corrected chi connectivity index (χ1v) is 13.2. The average Bonchev–Trinajstić information content (AvgIpc) is 3.25. The van der Waals surface area contributed by atoms with Crippen LogP contribution >= 0.6 is 23.1 Å². The van der Waals surface area contributed by atoms with Crippen LogP contribution in [0.3, 0.4) is 0 Å². The predicted molar refractivity (Wildman–Crippen MR) is 141 cm³/mol. The third kappa shape index (κ3) is 6.21. The third-order valence-electron chi connectivity index (χ3n) is 5.49. The van der Waals surface area contributed by atoms with Crippen LogP contribution in [-0.2, 0) is 5.41 Å². The summed E-state index contributed by atoms with van der Waals surface area (Å²) in [4.78, 5) is 31.0. The van der Waals surface area contributed by atoms with Gasteiger partial charge in [0.15, 0.2) is 0 Å². The van der Waals surface area contributed by atoms with Crippen molar-refractivity contribution in [2.45, 2.75) is 26.2 Å². The quantitative estimate of drug-likeness (QED) is 0.317. The van der Waals surface area contributed by atoms with Gasteiger partial charge >= 0.3 is 11.9 Å². The lowest BCUT2D eigenvalue weighted by Gasteiger charge is -2.42. The highest BCUT2D eigenvalue weighted by atomic mass is 32.2. The van der Waals surface area contributed by atoms with E-state index in [0.717, 1.165) is 4.88 Å². The highest BCUT2D eigenvalue weighted by Gasteiger charge is 2.35. The van der Waals surface area contributed by atoms with E-state index in [1.807, 2.05) is 20.8 Å². The van der Waals surface area contributed by atoms with Crippen LogP contribution in [0.1, 0.15) is 36.0 Å². The molecule has 0 saturated carbocycles. The Morgan fingerprint density at radius 1 is 1.00 bits per heavy atom. The van der Waals surface area contributed by atoms with Crippen molar-refractivity contribution in [2.75, 3.05) is 35.2 Å². The van der Waals surface area contributed by atoms with Gasteiger partial charge in [-0.25, -0.2) is 9.59 Å². The van der Waals surface area contributed by atoms with Crippen LogP contribution < -0.4 is 15.4 Å². The van der Waals surface area contributed by atoms with Crippen molar-refractivity contribution in [3.63, 3.8) is 0 Å². The minimum absolute atomic E-state index is 0.230. The van der Waals surface area contributed by atoms with Crippen molar-refractivity contribution in [3.05, 3.63) is 70.5 Å². The number of aromatic nitrogens is 1. The number of thioether (sulfide) groups is 1. The molecule has 184 valence electrons.